The van der Waals surface area contributed by atoms with E-state index in [9.17, 15) is 13.2 Å². The Morgan fingerprint density at radius 3 is 2.54 bits per heavy atom. The zero-order chi connectivity index (χ0) is 18.6. The van der Waals surface area contributed by atoms with Gasteiger partial charge in [0.2, 0.25) is 15.9 Å². The van der Waals surface area contributed by atoms with E-state index < -0.39 is 10.0 Å². The van der Waals surface area contributed by atoms with E-state index in [4.69, 9.17) is 4.74 Å². The molecule has 1 amide bonds. The summed E-state index contributed by atoms with van der Waals surface area (Å²) in [6, 6.07) is 14.2. The van der Waals surface area contributed by atoms with Crippen LogP contribution in [-0.2, 0) is 14.8 Å². The lowest BCUT2D eigenvalue weighted by Gasteiger charge is -2.16. The normalized spacial score (nSPS) is 16.0. The second kappa shape index (κ2) is 7.61. The van der Waals surface area contributed by atoms with Gasteiger partial charge in [-0.05, 0) is 42.3 Å². The number of carbonyl (C=O) groups is 1. The fourth-order valence-corrected chi connectivity index (χ4v) is 4.34. The summed E-state index contributed by atoms with van der Waals surface area (Å²) >= 11 is 0. The van der Waals surface area contributed by atoms with E-state index in [1.807, 2.05) is 12.1 Å². The van der Waals surface area contributed by atoms with Crippen molar-refractivity contribution in [1.82, 2.24) is 0 Å². The summed E-state index contributed by atoms with van der Waals surface area (Å²) in [6.07, 6.45) is 3.74. The lowest BCUT2D eigenvalue weighted by atomic mass is 10.2. The number of nitrogens with one attached hydrogen (secondary N) is 1. The molecule has 0 spiro atoms. The van der Waals surface area contributed by atoms with Gasteiger partial charge in [0.05, 0.1) is 24.2 Å². The first-order chi connectivity index (χ1) is 12.5. The van der Waals surface area contributed by atoms with Crippen molar-refractivity contribution in [2.45, 2.75) is 6.42 Å². The maximum absolute atomic E-state index is 12.1. The Morgan fingerprint density at radius 1 is 1.15 bits per heavy atom. The molecule has 2 aromatic rings. The molecule has 136 valence electrons. The molecule has 1 N–H and O–H groups in total. The molecule has 7 heteroatoms. The minimum absolute atomic E-state index is 0.192. The third-order valence-corrected chi connectivity index (χ3v) is 5.94. The number of hydrogen-bond donors (Lipinski definition) is 1. The zero-order valence-corrected chi connectivity index (χ0v) is 15.2. The average molecular weight is 372 g/mol. The van der Waals surface area contributed by atoms with E-state index in [-0.39, 0.29) is 11.7 Å². The average Bonchev–Trinajstić information content (AvgIpc) is 3.00. The van der Waals surface area contributed by atoms with Crippen molar-refractivity contribution in [2.24, 2.45) is 0 Å². The van der Waals surface area contributed by atoms with Gasteiger partial charge < -0.3 is 10.1 Å². The summed E-state index contributed by atoms with van der Waals surface area (Å²) in [7, 11) is -1.64. The van der Waals surface area contributed by atoms with Crippen LogP contribution in [0.4, 0.5) is 11.4 Å². The second-order valence-electron chi connectivity index (χ2n) is 5.86. The molecule has 0 atom stereocenters. The molecule has 0 unspecified atom stereocenters. The van der Waals surface area contributed by atoms with Crippen LogP contribution in [0.1, 0.15) is 12.0 Å². The van der Waals surface area contributed by atoms with E-state index >= 15 is 0 Å². The zero-order valence-electron chi connectivity index (χ0n) is 14.4. The van der Waals surface area contributed by atoms with Crippen molar-refractivity contribution in [3.8, 4) is 5.75 Å². The number of anilines is 2. The Bertz CT molecular complexity index is 921. The molecule has 1 aliphatic rings. The van der Waals surface area contributed by atoms with Gasteiger partial charge in [0.1, 0.15) is 5.75 Å². The lowest BCUT2D eigenvalue weighted by molar-refractivity contribution is -0.111. The summed E-state index contributed by atoms with van der Waals surface area (Å²) in [6.45, 7) is 0.513. The molecule has 1 aliphatic heterocycles. The van der Waals surface area contributed by atoms with Gasteiger partial charge in [-0.25, -0.2) is 8.42 Å². The van der Waals surface area contributed by atoms with Crippen molar-refractivity contribution in [1.29, 1.82) is 0 Å². The van der Waals surface area contributed by atoms with Gasteiger partial charge in [-0.3, -0.25) is 9.10 Å². The standard InChI is InChI=1S/C19H20N2O4S/c1-25-18-6-3-2-5-17(18)20-19(22)12-9-15-7-10-16(11-8-15)21-13-4-14-26(21,23)24/h2-3,5-12H,4,13-14H2,1H3,(H,20,22)/b12-9+. The minimum Gasteiger partial charge on any atom is -0.495 e. The summed E-state index contributed by atoms with van der Waals surface area (Å²) in [5.74, 6) is 0.503. The van der Waals surface area contributed by atoms with Crippen molar-refractivity contribution < 1.29 is 17.9 Å². The monoisotopic (exact) mass is 372 g/mol. The van der Waals surface area contributed by atoms with Gasteiger partial charge >= 0.3 is 0 Å². The summed E-state index contributed by atoms with van der Waals surface area (Å²) < 4.78 is 30.5. The van der Waals surface area contributed by atoms with Crippen LogP contribution in [0.25, 0.3) is 6.08 Å². The highest BCUT2D eigenvalue weighted by Crippen LogP contribution is 2.25. The van der Waals surface area contributed by atoms with Crippen molar-refractivity contribution in [3.05, 3.63) is 60.2 Å². The van der Waals surface area contributed by atoms with Crippen LogP contribution in [0.5, 0.6) is 5.75 Å². The predicted molar refractivity (Wildman–Crippen MR) is 103 cm³/mol. The number of methoxy groups -OCH3 is 1. The molecular formula is C19H20N2O4S. The summed E-state index contributed by atoms with van der Waals surface area (Å²) in [4.78, 5) is 12.1. The van der Waals surface area contributed by atoms with Crippen LogP contribution >= 0.6 is 0 Å². The Hall–Kier alpha value is -2.80. The molecule has 0 saturated carbocycles. The third kappa shape index (κ3) is 4.05. The number of carbonyl (C=O) groups excluding carboxylic acids is 1. The topological polar surface area (TPSA) is 75.7 Å². The second-order valence-corrected chi connectivity index (χ2v) is 7.87. The minimum atomic E-state index is -3.18. The van der Waals surface area contributed by atoms with E-state index in [1.54, 1.807) is 49.6 Å². The van der Waals surface area contributed by atoms with Gasteiger partial charge in [-0.2, -0.15) is 0 Å². The first-order valence-corrected chi connectivity index (χ1v) is 9.83. The summed E-state index contributed by atoms with van der Waals surface area (Å²) in [5.41, 5.74) is 2.05. The van der Waals surface area contributed by atoms with Gasteiger partial charge in [-0.15, -0.1) is 0 Å². The number of hydrogen-bond acceptors (Lipinski definition) is 4. The van der Waals surface area contributed by atoms with Gasteiger partial charge in [-0.1, -0.05) is 24.3 Å². The maximum atomic E-state index is 12.1. The smallest absolute Gasteiger partial charge is 0.248 e. The Morgan fingerprint density at radius 2 is 1.88 bits per heavy atom. The molecule has 0 radical (unpaired) electrons. The number of rotatable bonds is 5. The Kier molecular flexibility index (Phi) is 5.27. The van der Waals surface area contributed by atoms with Crippen LogP contribution in [0.3, 0.4) is 0 Å². The number of nitrogens with zero attached hydrogens (tertiary/aromatic N) is 1. The molecular weight excluding hydrogens is 352 g/mol. The van der Waals surface area contributed by atoms with E-state index in [2.05, 4.69) is 5.32 Å². The fraction of sp³-hybridized carbons (Fsp3) is 0.211. The molecule has 0 aromatic heterocycles. The number of ether oxygens (including phenoxy) is 1. The quantitative estimate of drug-likeness (QED) is 0.819. The van der Waals surface area contributed by atoms with Gasteiger partial charge in [0.25, 0.3) is 0 Å². The van der Waals surface area contributed by atoms with Crippen LogP contribution in [0.2, 0.25) is 0 Å². The number of para-hydroxylation sites is 2. The first-order valence-electron chi connectivity index (χ1n) is 8.22. The van der Waals surface area contributed by atoms with E-state index in [1.165, 1.54) is 10.4 Å². The Balaban J connectivity index is 1.66. The van der Waals surface area contributed by atoms with Gasteiger partial charge in [0.15, 0.2) is 0 Å². The number of amides is 1. The van der Waals surface area contributed by atoms with Crippen LogP contribution < -0.4 is 14.4 Å². The molecule has 0 aliphatic carbocycles. The van der Waals surface area contributed by atoms with Crippen molar-refractivity contribution >= 4 is 33.4 Å². The highest BCUT2D eigenvalue weighted by atomic mass is 32.2. The van der Waals surface area contributed by atoms with Crippen LogP contribution in [0, 0.1) is 0 Å². The largest absolute Gasteiger partial charge is 0.495 e. The SMILES string of the molecule is COc1ccccc1NC(=O)/C=C/c1ccc(N2CCCS2(=O)=O)cc1. The Labute approximate surface area is 153 Å². The number of benzene rings is 2. The maximum Gasteiger partial charge on any atom is 0.248 e. The van der Waals surface area contributed by atoms with E-state index in [0.29, 0.717) is 30.1 Å². The van der Waals surface area contributed by atoms with E-state index in [0.717, 1.165) is 5.56 Å². The first kappa shape index (κ1) is 18.0. The van der Waals surface area contributed by atoms with Crippen LogP contribution in [-0.4, -0.2) is 33.7 Å². The fourth-order valence-electron chi connectivity index (χ4n) is 2.78. The lowest BCUT2D eigenvalue weighted by Crippen LogP contribution is -2.24. The molecule has 1 fully saturated rings. The molecule has 1 heterocycles. The molecule has 3 rings (SSSR count). The molecule has 6 nitrogen and oxygen atoms in total. The van der Waals surface area contributed by atoms with Gasteiger partial charge in [0, 0.05) is 12.6 Å². The third-order valence-electron chi connectivity index (χ3n) is 4.07. The summed E-state index contributed by atoms with van der Waals surface area (Å²) in [5, 5.41) is 2.76. The predicted octanol–water partition coefficient (Wildman–Crippen LogP) is 2.89. The molecule has 2 aromatic carbocycles. The highest BCUT2D eigenvalue weighted by molar-refractivity contribution is 7.93. The number of sulfonamides is 1. The van der Waals surface area contributed by atoms with Crippen molar-refractivity contribution in [3.63, 3.8) is 0 Å². The molecule has 1 saturated heterocycles. The van der Waals surface area contributed by atoms with Crippen molar-refractivity contribution in [2.75, 3.05) is 29.0 Å². The van der Waals surface area contributed by atoms with Crippen LogP contribution in [0.15, 0.2) is 54.6 Å². The molecule has 0 bridgehead atoms. The molecule has 26 heavy (non-hydrogen) atoms. The highest BCUT2D eigenvalue weighted by Gasteiger charge is 2.28.